The van der Waals surface area contributed by atoms with Crippen molar-refractivity contribution in [3.05, 3.63) is 35.6 Å². The minimum Gasteiger partial charge on any atom is -0.303 e. The molecule has 2 rings (SSSR count). The molecule has 0 saturated carbocycles. The van der Waals surface area contributed by atoms with E-state index in [-0.39, 0.29) is 17.5 Å². The first-order valence-electron chi connectivity index (χ1n) is 7.66. The number of rotatable bonds is 6. The first-order chi connectivity index (χ1) is 10.2. The van der Waals surface area contributed by atoms with Gasteiger partial charge in [-0.1, -0.05) is 0 Å². The van der Waals surface area contributed by atoms with E-state index in [4.69, 9.17) is 6.42 Å². The van der Waals surface area contributed by atoms with E-state index >= 15 is 0 Å². The summed E-state index contributed by atoms with van der Waals surface area (Å²) in [6, 6.07) is 5.88. The van der Waals surface area contributed by atoms with Crippen LogP contribution in [0.5, 0.6) is 0 Å². The Kier molecular flexibility index (Phi) is 5.95. The van der Waals surface area contributed by atoms with E-state index in [1.807, 2.05) is 0 Å². The van der Waals surface area contributed by atoms with Crippen molar-refractivity contribution in [3.8, 4) is 12.3 Å². The summed E-state index contributed by atoms with van der Waals surface area (Å²) in [6.45, 7) is 3.00. The van der Waals surface area contributed by atoms with E-state index in [1.165, 1.54) is 12.1 Å². The Balaban J connectivity index is 1.77. The molecule has 0 N–H and O–H groups in total. The van der Waals surface area contributed by atoms with Gasteiger partial charge in [0.15, 0.2) is 5.78 Å². The summed E-state index contributed by atoms with van der Waals surface area (Å²) in [5.41, 5.74) is 0.629. The molecule has 21 heavy (non-hydrogen) atoms. The third kappa shape index (κ3) is 4.68. The maximum atomic E-state index is 12.9. The van der Waals surface area contributed by atoms with Gasteiger partial charge >= 0.3 is 0 Å². The van der Waals surface area contributed by atoms with Crippen LogP contribution in [0.1, 0.15) is 42.5 Å². The fraction of sp³-hybridized carbons (Fsp3) is 0.500. The molecule has 0 aromatic heterocycles. The highest BCUT2D eigenvalue weighted by Gasteiger charge is 2.25. The number of unbranched alkanes of at least 4 members (excludes halogenated alkanes) is 2. The molecule has 1 aromatic carbocycles. The van der Waals surface area contributed by atoms with E-state index in [0.717, 1.165) is 51.7 Å². The summed E-state index contributed by atoms with van der Waals surface area (Å²) < 4.78 is 12.9. The highest BCUT2D eigenvalue weighted by Crippen LogP contribution is 2.22. The number of carbonyl (C=O) groups excluding carboxylic acids is 1. The molecular formula is C18H22FNO. The van der Waals surface area contributed by atoms with Crippen LogP contribution in [-0.2, 0) is 0 Å². The van der Waals surface area contributed by atoms with E-state index in [9.17, 15) is 9.18 Å². The monoisotopic (exact) mass is 287 g/mol. The number of halogens is 1. The molecule has 0 unspecified atom stereocenters. The molecule has 0 aliphatic carbocycles. The number of piperidine rings is 1. The molecule has 1 heterocycles. The summed E-state index contributed by atoms with van der Waals surface area (Å²) in [7, 11) is 0. The Morgan fingerprint density at radius 1 is 1.24 bits per heavy atom. The van der Waals surface area contributed by atoms with Crippen LogP contribution >= 0.6 is 0 Å². The summed E-state index contributed by atoms with van der Waals surface area (Å²) in [5, 5.41) is 0. The fourth-order valence-electron chi connectivity index (χ4n) is 2.83. The van der Waals surface area contributed by atoms with Crippen molar-refractivity contribution in [1.29, 1.82) is 0 Å². The van der Waals surface area contributed by atoms with Crippen molar-refractivity contribution in [2.24, 2.45) is 5.92 Å². The molecule has 1 aliphatic rings. The fourth-order valence-corrected chi connectivity index (χ4v) is 2.83. The molecule has 0 bridgehead atoms. The van der Waals surface area contributed by atoms with Crippen molar-refractivity contribution >= 4 is 5.78 Å². The maximum Gasteiger partial charge on any atom is 0.166 e. The van der Waals surface area contributed by atoms with Gasteiger partial charge in [0.05, 0.1) is 0 Å². The van der Waals surface area contributed by atoms with Crippen molar-refractivity contribution in [2.75, 3.05) is 19.6 Å². The molecule has 3 heteroatoms. The highest BCUT2D eigenvalue weighted by molar-refractivity contribution is 5.97. The van der Waals surface area contributed by atoms with Crippen molar-refractivity contribution in [1.82, 2.24) is 4.90 Å². The number of nitrogens with zero attached hydrogens (tertiary/aromatic N) is 1. The topological polar surface area (TPSA) is 20.3 Å². The summed E-state index contributed by atoms with van der Waals surface area (Å²) in [6.07, 6.45) is 10.1. The second kappa shape index (κ2) is 7.95. The summed E-state index contributed by atoms with van der Waals surface area (Å²) in [5.74, 6) is 2.60. The standard InChI is InChI=1S/C18H22FNO/c1-2-3-4-5-12-20-13-10-16(11-14-20)18(21)15-6-8-17(19)9-7-15/h1,6-9,16H,3-5,10-14H2. The SMILES string of the molecule is C#CCCCCN1CCC(C(=O)c2ccc(F)cc2)CC1. The van der Waals surface area contributed by atoms with Crippen LogP contribution in [0.15, 0.2) is 24.3 Å². The number of likely N-dealkylation sites (tertiary alicyclic amines) is 1. The Bertz CT molecular complexity index is 495. The van der Waals surface area contributed by atoms with E-state index < -0.39 is 0 Å². The lowest BCUT2D eigenvalue weighted by Gasteiger charge is -2.31. The Morgan fingerprint density at radius 2 is 1.90 bits per heavy atom. The lowest BCUT2D eigenvalue weighted by Crippen LogP contribution is -2.36. The molecular weight excluding hydrogens is 265 g/mol. The average Bonchev–Trinajstić information content (AvgIpc) is 2.52. The van der Waals surface area contributed by atoms with Gasteiger partial charge in [0.1, 0.15) is 5.82 Å². The molecule has 0 atom stereocenters. The largest absolute Gasteiger partial charge is 0.303 e. The average molecular weight is 287 g/mol. The minimum atomic E-state index is -0.298. The molecule has 1 fully saturated rings. The number of ketones is 1. The van der Waals surface area contributed by atoms with Gasteiger partial charge in [-0.3, -0.25) is 4.79 Å². The molecule has 0 spiro atoms. The lowest BCUT2D eigenvalue weighted by molar-refractivity contribution is 0.0839. The normalized spacial score (nSPS) is 16.6. The van der Waals surface area contributed by atoms with Gasteiger partial charge in [0.25, 0.3) is 0 Å². The van der Waals surface area contributed by atoms with Gasteiger partial charge in [-0.15, -0.1) is 12.3 Å². The molecule has 0 amide bonds. The van der Waals surface area contributed by atoms with Gasteiger partial charge in [-0.25, -0.2) is 4.39 Å². The van der Waals surface area contributed by atoms with Crippen LogP contribution in [-0.4, -0.2) is 30.3 Å². The van der Waals surface area contributed by atoms with Crippen LogP contribution in [0.4, 0.5) is 4.39 Å². The van der Waals surface area contributed by atoms with E-state index in [0.29, 0.717) is 5.56 Å². The number of terminal acetylenes is 1. The molecule has 1 aromatic rings. The second-order valence-electron chi connectivity index (χ2n) is 5.65. The van der Waals surface area contributed by atoms with Crippen molar-refractivity contribution in [3.63, 3.8) is 0 Å². The second-order valence-corrected chi connectivity index (χ2v) is 5.65. The number of hydrogen-bond acceptors (Lipinski definition) is 2. The third-order valence-corrected chi connectivity index (χ3v) is 4.13. The van der Waals surface area contributed by atoms with E-state index in [2.05, 4.69) is 10.8 Å². The van der Waals surface area contributed by atoms with Crippen LogP contribution in [0.2, 0.25) is 0 Å². The quantitative estimate of drug-likeness (QED) is 0.453. The lowest BCUT2D eigenvalue weighted by atomic mass is 9.89. The molecule has 0 radical (unpaired) electrons. The van der Waals surface area contributed by atoms with Gasteiger partial charge in [-0.2, -0.15) is 0 Å². The maximum absolute atomic E-state index is 12.9. The van der Waals surface area contributed by atoms with Crippen molar-refractivity contribution < 1.29 is 9.18 Å². The predicted octanol–water partition coefficient (Wildman–Crippen LogP) is 3.52. The number of Topliss-reactive ketones (excluding diaryl/α,β-unsaturated/α-hetero) is 1. The van der Waals surface area contributed by atoms with Crippen LogP contribution < -0.4 is 0 Å². The van der Waals surface area contributed by atoms with Crippen molar-refractivity contribution in [2.45, 2.75) is 32.1 Å². The van der Waals surface area contributed by atoms with Crippen LogP contribution in [0.25, 0.3) is 0 Å². The molecule has 112 valence electrons. The third-order valence-electron chi connectivity index (χ3n) is 4.13. The van der Waals surface area contributed by atoms with Gasteiger partial charge in [0, 0.05) is 17.9 Å². The number of benzene rings is 1. The van der Waals surface area contributed by atoms with Crippen LogP contribution in [0, 0.1) is 24.1 Å². The molecule has 1 aliphatic heterocycles. The van der Waals surface area contributed by atoms with Crippen LogP contribution in [0.3, 0.4) is 0 Å². The van der Waals surface area contributed by atoms with Gasteiger partial charge < -0.3 is 4.90 Å². The highest BCUT2D eigenvalue weighted by atomic mass is 19.1. The summed E-state index contributed by atoms with van der Waals surface area (Å²) >= 11 is 0. The Morgan fingerprint density at radius 3 is 2.52 bits per heavy atom. The minimum absolute atomic E-state index is 0.0809. The molecule has 1 saturated heterocycles. The van der Waals surface area contributed by atoms with Gasteiger partial charge in [-0.05, 0) is 69.6 Å². The molecule has 2 nitrogen and oxygen atoms in total. The number of carbonyl (C=O) groups is 1. The first kappa shape index (κ1) is 15.7. The summed E-state index contributed by atoms with van der Waals surface area (Å²) in [4.78, 5) is 14.8. The zero-order chi connectivity index (χ0) is 15.1. The van der Waals surface area contributed by atoms with E-state index in [1.54, 1.807) is 12.1 Å². The predicted molar refractivity (Wildman–Crippen MR) is 82.6 cm³/mol. The zero-order valence-electron chi connectivity index (χ0n) is 12.4. The smallest absolute Gasteiger partial charge is 0.166 e. The zero-order valence-corrected chi connectivity index (χ0v) is 12.4. The van der Waals surface area contributed by atoms with Gasteiger partial charge in [0.2, 0.25) is 0 Å². The number of hydrogen-bond donors (Lipinski definition) is 0. The Hall–Kier alpha value is -1.66. The first-order valence-corrected chi connectivity index (χ1v) is 7.66. The Labute approximate surface area is 126 Å².